The molecule has 0 aromatic rings. The highest BCUT2D eigenvalue weighted by Gasteiger charge is 2.30. The topological polar surface area (TPSA) is 90.6 Å². The quantitative estimate of drug-likeness (QED) is 0.362. The van der Waals surface area contributed by atoms with E-state index in [9.17, 15) is 4.57 Å². The zero-order chi connectivity index (χ0) is 13.5. The van der Waals surface area contributed by atoms with Crippen molar-refractivity contribution in [2.75, 3.05) is 42.3 Å². The lowest BCUT2D eigenvalue weighted by molar-refractivity contribution is -0.0826. The summed E-state index contributed by atoms with van der Waals surface area (Å²) in [6, 6.07) is 0. The van der Waals surface area contributed by atoms with Crippen molar-refractivity contribution in [3.05, 3.63) is 0 Å². The summed E-state index contributed by atoms with van der Waals surface area (Å²) >= 11 is 0. The zero-order valence-electron chi connectivity index (χ0n) is 10.9. The minimum absolute atomic E-state index is 1.44. The van der Waals surface area contributed by atoms with Gasteiger partial charge in [-0.05, 0) is 0 Å². The molecule has 0 atom stereocenters. The number of nitrogens with one attached hydrogen (secondary N) is 3. The van der Waals surface area contributed by atoms with Gasteiger partial charge in [-0.1, -0.05) is 0 Å². The van der Waals surface area contributed by atoms with Gasteiger partial charge in [0.25, 0.3) is 0 Å². The first-order chi connectivity index (χ1) is 7.75. The maximum Gasteiger partial charge on any atom is 0.528 e. The van der Waals surface area contributed by atoms with Crippen molar-refractivity contribution in [1.82, 2.24) is 31.8 Å². The van der Waals surface area contributed by atoms with E-state index in [2.05, 4.69) is 16.8 Å². The summed E-state index contributed by atoms with van der Waals surface area (Å²) in [4.78, 5) is 0. The van der Waals surface area contributed by atoms with E-state index < -0.39 is 7.82 Å². The van der Waals surface area contributed by atoms with Crippen LogP contribution in [0.5, 0.6) is 0 Å². The lowest BCUT2D eigenvalue weighted by Crippen LogP contribution is -2.37. The van der Waals surface area contributed by atoms with Gasteiger partial charge in [0.2, 0.25) is 0 Å². The zero-order valence-corrected chi connectivity index (χ0v) is 11.8. The average molecular weight is 272 g/mol. The Kier molecular flexibility index (Phi) is 8.00. The molecule has 0 amide bonds. The van der Waals surface area contributed by atoms with Gasteiger partial charge in [-0.25, -0.2) is 19.6 Å². The Morgan fingerprint density at radius 3 is 1.12 bits per heavy atom. The Bertz CT molecular complexity index is 213. The van der Waals surface area contributed by atoms with Crippen molar-refractivity contribution in [2.24, 2.45) is 0 Å². The Morgan fingerprint density at radius 1 is 0.706 bits per heavy atom. The molecule has 0 aliphatic carbocycles. The van der Waals surface area contributed by atoms with E-state index in [4.69, 9.17) is 13.9 Å². The van der Waals surface area contributed by atoms with Crippen LogP contribution in [0.2, 0.25) is 0 Å². The summed E-state index contributed by atoms with van der Waals surface area (Å²) in [6.07, 6.45) is 0. The second-order valence-electron chi connectivity index (χ2n) is 3.68. The van der Waals surface area contributed by atoms with Crippen molar-refractivity contribution in [3.63, 3.8) is 0 Å². The molecule has 0 heterocycles. The fraction of sp³-hybridized carbons (Fsp3) is 1.00. The van der Waals surface area contributed by atoms with Gasteiger partial charge in [0, 0.05) is 42.3 Å². The summed E-state index contributed by atoms with van der Waals surface area (Å²) in [7, 11) is 6.10. The van der Waals surface area contributed by atoms with Crippen molar-refractivity contribution < 1.29 is 18.4 Å². The third kappa shape index (κ3) is 9.56. The summed E-state index contributed by atoms with van der Waals surface area (Å²) < 4.78 is 26.4. The molecule has 104 valence electrons. The Labute approximate surface area is 101 Å². The predicted octanol–water partition coefficient (Wildman–Crippen LogP) is -0.912. The summed E-state index contributed by atoms with van der Waals surface area (Å²) in [6.45, 7) is 0. The molecule has 0 radical (unpaired) electrons. The van der Waals surface area contributed by atoms with E-state index in [1.54, 1.807) is 42.3 Å². The molecule has 17 heavy (non-hydrogen) atoms. The molecule has 3 N–H and O–H groups in total. The van der Waals surface area contributed by atoms with E-state index in [-0.39, 0.29) is 0 Å². The van der Waals surface area contributed by atoms with Crippen molar-refractivity contribution in [3.8, 4) is 0 Å². The summed E-state index contributed by atoms with van der Waals surface area (Å²) in [5.41, 5.74) is 7.01. The predicted molar refractivity (Wildman–Crippen MR) is 61.3 cm³/mol. The van der Waals surface area contributed by atoms with Gasteiger partial charge in [-0.15, -0.1) is 16.8 Å². The largest absolute Gasteiger partial charge is 0.528 e. The van der Waals surface area contributed by atoms with Gasteiger partial charge < -0.3 is 0 Å². The average Bonchev–Trinajstić information content (AvgIpc) is 2.21. The monoisotopic (exact) mass is 272 g/mol. The Hall–Kier alpha value is -0.130. The Morgan fingerprint density at radius 2 is 0.941 bits per heavy atom. The van der Waals surface area contributed by atoms with Crippen molar-refractivity contribution in [2.45, 2.75) is 0 Å². The number of rotatable bonds is 9. The van der Waals surface area contributed by atoms with Crippen LogP contribution in [0.3, 0.4) is 0 Å². The molecular formula is C6H21N6O4P. The van der Waals surface area contributed by atoms with Gasteiger partial charge in [0.05, 0.1) is 0 Å². The molecule has 0 rings (SSSR count). The smallest absolute Gasteiger partial charge is 0.227 e. The molecule has 0 aliphatic heterocycles. The third-order valence-corrected chi connectivity index (χ3v) is 1.92. The highest BCUT2D eigenvalue weighted by molar-refractivity contribution is 7.48. The maximum absolute atomic E-state index is 12.0. The fourth-order valence-corrected chi connectivity index (χ4v) is 1.35. The normalized spacial score (nSPS) is 13.0. The molecule has 0 unspecified atom stereocenters. The minimum Gasteiger partial charge on any atom is -0.227 e. The number of hydrogen-bond acceptors (Lipinski definition) is 10. The molecule has 0 aromatic heterocycles. The van der Waals surface area contributed by atoms with Crippen LogP contribution >= 0.6 is 7.82 Å². The van der Waals surface area contributed by atoms with Crippen LogP contribution in [0, 0.1) is 0 Å². The van der Waals surface area contributed by atoms with Crippen LogP contribution in [-0.4, -0.2) is 57.3 Å². The fourth-order valence-electron chi connectivity index (χ4n) is 0.451. The van der Waals surface area contributed by atoms with Gasteiger partial charge in [0.1, 0.15) is 0 Å². The molecule has 0 spiro atoms. The lowest BCUT2D eigenvalue weighted by Gasteiger charge is -2.22. The van der Waals surface area contributed by atoms with E-state index >= 15 is 0 Å². The van der Waals surface area contributed by atoms with Gasteiger partial charge in [-0.3, -0.25) is 0 Å². The first-order valence-corrected chi connectivity index (χ1v) is 6.16. The number of phosphoric acid groups is 1. The molecule has 0 aromatic carbocycles. The highest BCUT2D eigenvalue weighted by atomic mass is 31.2. The SMILES string of the molecule is CN(C)NOP(=O)(ONN(C)C)ONN(C)C. The van der Waals surface area contributed by atoms with E-state index in [0.717, 1.165) is 0 Å². The van der Waals surface area contributed by atoms with E-state index in [1.807, 2.05) is 0 Å². The molecule has 0 fully saturated rings. The molecule has 0 saturated carbocycles. The standard InChI is InChI=1S/C6H21N6O4P/c1-10(2)7-14-17(13,15-8-11(3)4)16-9-12(5)6/h7-9H,1-6H3. The number of nitrogens with zero attached hydrogens (tertiary/aromatic N) is 3. The summed E-state index contributed by atoms with van der Waals surface area (Å²) in [5, 5.41) is 4.31. The Balaban J connectivity index is 4.29. The van der Waals surface area contributed by atoms with Gasteiger partial charge in [-0.2, -0.15) is 13.9 Å². The molecule has 10 nitrogen and oxygen atoms in total. The molecular weight excluding hydrogens is 251 g/mol. The van der Waals surface area contributed by atoms with Crippen LogP contribution in [0.4, 0.5) is 0 Å². The van der Waals surface area contributed by atoms with Crippen LogP contribution in [0.1, 0.15) is 0 Å². The lowest BCUT2D eigenvalue weighted by atomic mass is 11.2. The third-order valence-electron chi connectivity index (χ3n) is 1.01. The van der Waals surface area contributed by atoms with Crippen LogP contribution in [0.15, 0.2) is 0 Å². The molecule has 11 heteroatoms. The number of hydrogen-bond donors (Lipinski definition) is 3. The minimum atomic E-state index is -3.84. The molecule has 0 aliphatic rings. The van der Waals surface area contributed by atoms with E-state index in [1.165, 1.54) is 15.0 Å². The molecule has 0 saturated heterocycles. The van der Waals surface area contributed by atoms with Gasteiger partial charge >= 0.3 is 7.82 Å². The second kappa shape index (κ2) is 8.06. The second-order valence-corrected chi connectivity index (χ2v) is 5.12. The van der Waals surface area contributed by atoms with Gasteiger partial charge in [0.15, 0.2) is 0 Å². The summed E-state index contributed by atoms with van der Waals surface area (Å²) in [5.74, 6) is 0. The first-order valence-electron chi connectivity index (χ1n) is 4.70. The van der Waals surface area contributed by atoms with Crippen LogP contribution in [0.25, 0.3) is 0 Å². The van der Waals surface area contributed by atoms with Crippen molar-refractivity contribution >= 4 is 7.82 Å². The highest BCUT2D eigenvalue weighted by Crippen LogP contribution is 2.46. The van der Waals surface area contributed by atoms with Crippen molar-refractivity contribution in [1.29, 1.82) is 0 Å². The maximum atomic E-state index is 12.0. The molecule has 0 bridgehead atoms. The van der Waals surface area contributed by atoms with Crippen LogP contribution in [-0.2, 0) is 18.4 Å². The number of hydrazine groups is 3. The van der Waals surface area contributed by atoms with E-state index in [0.29, 0.717) is 0 Å². The van der Waals surface area contributed by atoms with Crippen LogP contribution < -0.4 is 16.8 Å². The first kappa shape index (κ1) is 16.9.